The van der Waals surface area contributed by atoms with Crippen LogP contribution in [0.25, 0.3) is 0 Å². The van der Waals surface area contributed by atoms with Crippen LogP contribution in [0.4, 0.5) is 0 Å². The van der Waals surface area contributed by atoms with Gasteiger partial charge in [0.25, 0.3) is 0 Å². The van der Waals surface area contributed by atoms with Crippen molar-refractivity contribution in [3.63, 3.8) is 0 Å². The van der Waals surface area contributed by atoms with Crippen LogP contribution in [0.1, 0.15) is 11.1 Å². The van der Waals surface area contributed by atoms with Crippen LogP contribution in [0.5, 0.6) is 11.5 Å². The Balaban J connectivity index is 2.18. The molecule has 17 heavy (non-hydrogen) atoms. The molecule has 2 aromatic carbocycles. The molecule has 0 amide bonds. The summed E-state index contributed by atoms with van der Waals surface area (Å²) >= 11 is 11.6. The van der Waals surface area contributed by atoms with Crippen molar-refractivity contribution >= 4 is 23.2 Å². The molecule has 0 saturated carbocycles. The van der Waals surface area contributed by atoms with E-state index in [9.17, 15) is 0 Å². The predicted octanol–water partition coefficient (Wildman–Crippen LogP) is 4.96. The second-order valence-electron chi connectivity index (χ2n) is 3.66. The lowest BCUT2D eigenvalue weighted by Gasteiger charge is -2.07. The number of halogens is 2. The minimum atomic E-state index is 0.485. The van der Waals surface area contributed by atoms with E-state index in [-0.39, 0.29) is 0 Å². The summed E-state index contributed by atoms with van der Waals surface area (Å²) in [6, 6.07) is 15.5. The van der Waals surface area contributed by atoms with Gasteiger partial charge in [-0.15, -0.1) is 23.2 Å². The summed E-state index contributed by atoms with van der Waals surface area (Å²) < 4.78 is 5.75. The molecular weight excluding hydrogens is 255 g/mol. The van der Waals surface area contributed by atoms with E-state index in [1.54, 1.807) is 0 Å². The van der Waals surface area contributed by atoms with Gasteiger partial charge in [-0.3, -0.25) is 0 Å². The van der Waals surface area contributed by atoms with Crippen LogP contribution in [0.3, 0.4) is 0 Å². The summed E-state index contributed by atoms with van der Waals surface area (Å²) in [7, 11) is 0. The minimum absolute atomic E-state index is 0.485. The number of rotatable bonds is 4. The molecular formula is C14H12Cl2O. The third-order valence-corrected chi connectivity index (χ3v) is 2.96. The van der Waals surface area contributed by atoms with Gasteiger partial charge in [-0.05, 0) is 35.4 Å². The third-order valence-electron chi connectivity index (χ3n) is 2.34. The normalized spacial score (nSPS) is 10.2. The number of ether oxygens (including phenoxy) is 1. The molecule has 0 fully saturated rings. The van der Waals surface area contributed by atoms with Crippen LogP contribution in [0.2, 0.25) is 0 Å². The Morgan fingerprint density at radius 2 is 1.24 bits per heavy atom. The highest BCUT2D eigenvalue weighted by molar-refractivity contribution is 6.17. The molecule has 0 bridgehead atoms. The first kappa shape index (κ1) is 12.3. The average molecular weight is 267 g/mol. The first-order chi connectivity index (χ1) is 8.31. The van der Waals surface area contributed by atoms with Crippen LogP contribution in [-0.4, -0.2) is 0 Å². The van der Waals surface area contributed by atoms with Crippen molar-refractivity contribution in [2.24, 2.45) is 0 Å². The molecule has 0 atom stereocenters. The van der Waals surface area contributed by atoms with Gasteiger partial charge in [0.2, 0.25) is 0 Å². The Morgan fingerprint density at radius 3 is 1.65 bits per heavy atom. The Hall–Kier alpha value is -1.18. The van der Waals surface area contributed by atoms with E-state index in [1.807, 2.05) is 48.5 Å². The van der Waals surface area contributed by atoms with Gasteiger partial charge in [0.05, 0.1) is 0 Å². The lowest BCUT2D eigenvalue weighted by Crippen LogP contribution is -1.87. The Bertz CT molecular complexity index is 452. The molecule has 0 radical (unpaired) electrons. The van der Waals surface area contributed by atoms with Gasteiger partial charge in [-0.25, -0.2) is 0 Å². The van der Waals surface area contributed by atoms with Gasteiger partial charge in [-0.2, -0.15) is 0 Å². The van der Waals surface area contributed by atoms with Crippen molar-refractivity contribution in [3.8, 4) is 11.5 Å². The Morgan fingerprint density at radius 1 is 0.765 bits per heavy atom. The molecule has 3 heteroatoms. The van der Waals surface area contributed by atoms with E-state index < -0.39 is 0 Å². The van der Waals surface area contributed by atoms with E-state index in [1.165, 1.54) is 0 Å². The summed E-state index contributed by atoms with van der Waals surface area (Å²) in [5.41, 5.74) is 2.08. The van der Waals surface area contributed by atoms with Crippen molar-refractivity contribution in [3.05, 3.63) is 59.7 Å². The van der Waals surface area contributed by atoms with Gasteiger partial charge in [0, 0.05) is 11.8 Å². The molecule has 0 saturated heterocycles. The number of benzene rings is 2. The zero-order chi connectivity index (χ0) is 12.1. The maximum absolute atomic E-state index is 5.78. The minimum Gasteiger partial charge on any atom is -0.457 e. The van der Waals surface area contributed by atoms with Crippen LogP contribution in [0.15, 0.2) is 48.5 Å². The van der Waals surface area contributed by atoms with Gasteiger partial charge in [-0.1, -0.05) is 24.3 Å². The largest absolute Gasteiger partial charge is 0.457 e. The van der Waals surface area contributed by atoms with E-state index in [2.05, 4.69) is 0 Å². The maximum Gasteiger partial charge on any atom is 0.127 e. The smallest absolute Gasteiger partial charge is 0.127 e. The summed E-state index contributed by atoms with van der Waals surface area (Å²) in [5.74, 6) is 2.54. The van der Waals surface area contributed by atoms with Gasteiger partial charge in [0.15, 0.2) is 0 Å². The van der Waals surface area contributed by atoms with Crippen LogP contribution >= 0.6 is 23.2 Å². The van der Waals surface area contributed by atoms with E-state index in [0.717, 1.165) is 22.6 Å². The Kier molecular flexibility index (Phi) is 4.29. The zero-order valence-electron chi connectivity index (χ0n) is 9.20. The first-order valence-electron chi connectivity index (χ1n) is 5.29. The van der Waals surface area contributed by atoms with Gasteiger partial charge in [0.1, 0.15) is 11.5 Å². The molecule has 88 valence electrons. The molecule has 0 aromatic heterocycles. The van der Waals surface area contributed by atoms with E-state index in [4.69, 9.17) is 27.9 Å². The second-order valence-corrected chi connectivity index (χ2v) is 4.20. The molecule has 0 aliphatic rings. The Labute approximate surface area is 111 Å². The SMILES string of the molecule is ClCc1cccc(Oc2cccc(CCl)c2)c1. The molecule has 2 rings (SSSR count). The zero-order valence-corrected chi connectivity index (χ0v) is 10.7. The van der Waals surface area contributed by atoms with Crippen molar-refractivity contribution in [1.29, 1.82) is 0 Å². The molecule has 2 aromatic rings. The molecule has 0 aliphatic heterocycles. The topological polar surface area (TPSA) is 9.23 Å². The van der Waals surface area contributed by atoms with E-state index >= 15 is 0 Å². The highest BCUT2D eigenvalue weighted by Gasteiger charge is 1.99. The molecule has 0 heterocycles. The van der Waals surface area contributed by atoms with Crippen molar-refractivity contribution < 1.29 is 4.74 Å². The fourth-order valence-corrected chi connectivity index (χ4v) is 1.85. The quantitative estimate of drug-likeness (QED) is 0.711. The molecule has 1 nitrogen and oxygen atoms in total. The number of hydrogen-bond acceptors (Lipinski definition) is 1. The van der Waals surface area contributed by atoms with Crippen molar-refractivity contribution in [2.75, 3.05) is 0 Å². The van der Waals surface area contributed by atoms with Gasteiger partial charge >= 0.3 is 0 Å². The maximum atomic E-state index is 5.78. The molecule has 0 N–H and O–H groups in total. The fraction of sp³-hybridized carbons (Fsp3) is 0.143. The second kappa shape index (κ2) is 5.95. The first-order valence-corrected chi connectivity index (χ1v) is 6.36. The van der Waals surface area contributed by atoms with Gasteiger partial charge < -0.3 is 4.74 Å². The standard InChI is InChI=1S/C14H12Cl2O/c15-9-11-3-1-5-13(7-11)17-14-6-2-4-12(8-14)10-16/h1-8H,9-10H2. The molecule has 0 unspecified atom stereocenters. The third kappa shape index (κ3) is 3.39. The predicted molar refractivity (Wildman–Crippen MR) is 72.1 cm³/mol. The summed E-state index contributed by atoms with van der Waals surface area (Å²) in [4.78, 5) is 0. The highest BCUT2D eigenvalue weighted by Crippen LogP contribution is 2.24. The summed E-state index contributed by atoms with van der Waals surface area (Å²) in [6.07, 6.45) is 0. The highest BCUT2D eigenvalue weighted by atomic mass is 35.5. The van der Waals surface area contributed by atoms with Crippen LogP contribution < -0.4 is 4.74 Å². The number of alkyl halides is 2. The number of hydrogen-bond donors (Lipinski definition) is 0. The molecule has 0 spiro atoms. The van der Waals surface area contributed by atoms with Crippen LogP contribution in [0, 0.1) is 0 Å². The summed E-state index contributed by atoms with van der Waals surface area (Å²) in [6.45, 7) is 0. The fourth-order valence-electron chi connectivity index (χ4n) is 1.52. The lowest BCUT2D eigenvalue weighted by atomic mass is 10.2. The summed E-state index contributed by atoms with van der Waals surface area (Å²) in [5, 5.41) is 0. The monoisotopic (exact) mass is 266 g/mol. The van der Waals surface area contributed by atoms with Crippen molar-refractivity contribution in [2.45, 2.75) is 11.8 Å². The van der Waals surface area contributed by atoms with Crippen LogP contribution in [-0.2, 0) is 11.8 Å². The lowest BCUT2D eigenvalue weighted by molar-refractivity contribution is 0.482. The van der Waals surface area contributed by atoms with E-state index in [0.29, 0.717) is 11.8 Å². The van der Waals surface area contributed by atoms with Crippen molar-refractivity contribution in [1.82, 2.24) is 0 Å². The average Bonchev–Trinajstić information content (AvgIpc) is 2.39. The molecule has 0 aliphatic carbocycles.